The van der Waals surface area contributed by atoms with Crippen molar-refractivity contribution in [2.24, 2.45) is 17.0 Å². The van der Waals surface area contributed by atoms with Crippen molar-refractivity contribution in [2.45, 2.75) is 56.4 Å². The first-order chi connectivity index (χ1) is 9.93. The number of hydrogen-bond acceptors (Lipinski definition) is 3. The van der Waals surface area contributed by atoms with E-state index in [2.05, 4.69) is 5.32 Å². The van der Waals surface area contributed by atoms with Crippen LogP contribution in [0.25, 0.3) is 0 Å². The summed E-state index contributed by atoms with van der Waals surface area (Å²) in [4.78, 5) is 0.224. The van der Waals surface area contributed by atoms with E-state index in [0.29, 0.717) is 11.6 Å². The van der Waals surface area contributed by atoms with Crippen molar-refractivity contribution in [3.8, 4) is 0 Å². The highest BCUT2D eigenvalue weighted by molar-refractivity contribution is 7.89. The lowest BCUT2D eigenvalue weighted by Crippen LogP contribution is -2.28. The number of anilines is 1. The minimum Gasteiger partial charge on any atom is -0.382 e. The molecule has 0 aromatic heterocycles. The van der Waals surface area contributed by atoms with Gasteiger partial charge < -0.3 is 5.32 Å². The van der Waals surface area contributed by atoms with Gasteiger partial charge in [-0.05, 0) is 62.1 Å². The van der Waals surface area contributed by atoms with Crippen molar-refractivity contribution in [2.75, 3.05) is 5.32 Å². The largest absolute Gasteiger partial charge is 0.382 e. The van der Waals surface area contributed by atoms with Crippen molar-refractivity contribution < 1.29 is 8.42 Å². The number of nitrogens with one attached hydrogen (secondary N) is 1. The van der Waals surface area contributed by atoms with Crippen LogP contribution in [0.1, 0.15) is 44.1 Å². The Morgan fingerprint density at radius 2 is 1.90 bits per heavy atom. The van der Waals surface area contributed by atoms with Gasteiger partial charge in [-0.25, -0.2) is 13.6 Å². The monoisotopic (exact) mass is 308 g/mol. The van der Waals surface area contributed by atoms with Crippen LogP contribution in [0.4, 0.5) is 5.69 Å². The van der Waals surface area contributed by atoms with Crippen LogP contribution in [0.3, 0.4) is 0 Å². The fourth-order valence-electron chi connectivity index (χ4n) is 3.59. The third kappa shape index (κ3) is 3.58. The smallest absolute Gasteiger partial charge is 0.238 e. The SMILES string of the molecule is Cc1ccc(NC2CCCC(C3CC3)C2)cc1S(N)(=O)=O. The topological polar surface area (TPSA) is 72.2 Å². The van der Waals surface area contributed by atoms with E-state index in [0.717, 1.165) is 17.5 Å². The molecule has 5 heteroatoms. The van der Waals surface area contributed by atoms with Gasteiger partial charge in [-0.1, -0.05) is 18.9 Å². The molecule has 21 heavy (non-hydrogen) atoms. The van der Waals surface area contributed by atoms with Gasteiger partial charge in [-0.2, -0.15) is 0 Å². The molecule has 4 nitrogen and oxygen atoms in total. The van der Waals surface area contributed by atoms with E-state index in [1.807, 2.05) is 12.1 Å². The van der Waals surface area contributed by atoms with E-state index in [1.54, 1.807) is 13.0 Å². The van der Waals surface area contributed by atoms with E-state index < -0.39 is 10.0 Å². The Kier molecular flexibility index (Phi) is 3.97. The molecule has 0 spiro atoms. The van der Waals surface area contributed by atoms with Crippen LogP contribution in [-0.4, -0.2) is 14.5 Å². The van der Waals surface area contributed by atoms with Crippen LogP contribution in [0, 0.1) is 18.8 Å². The molecule has 0 saturated heterocycles. The first-order valence-corrected chi connectivity index (χ1v) is 9.38. The van der Waals surface area contributed by atoms with Gasteiger partial charge in [0.05, 0.1) is 4.90 Å². The summed E-state index contributed by atoms with van der Waals surface area (Å²) >= 11 is 0. The highest BCUT2D eigenvalue weighted by atomic mass is 32.2. The molecular weight excluding hydrogens is 284 g/mol. The van der Waals surface area contributed by atoms with Crippen LogP contribution in [-0.2, 0) is 10.0 Å². The van der Waals surface area contributed by atoms with E-state index in [9.17, 15) is 8.42 Å². The minimum atomic E-state index is -3.65. The summed E-state index contributed by atoms with van der Waals surface area (Å²) in [6.07, 6.45) is 7.81. The first kappa shape index (κ1) is 14.9. The molecule has 3 rings (SSSR count). The molecule has 0 bridgehead atoms. The van der Waals surface area contributed by atoms with Gasteiger partial charge in [0.1, 0.15) is 0 Å². The number of nitrogens with two attached hydrogens (primary N) is 1. The number of rotatable bonds is 4. The summed E-state index contributed by atoms with van der Waals surface area (Å²) in [6, 6.07) is 5.90. The van der Waals surface area contributed by atoms with Gasteiger partial charge >= 0.3 is 0 Å². The Bertz CT molecular complexity index is 623. The molecule has 3 N–H and O–H groups in total. The zero-order valence-electron chi connectivity index (χ0n) is 12.5. The molecule has 2 aliphatic carbocycles. The quantitative estimate of drug-likeness (QED) is 0.898. The molecule has 2 atom stereocenters. The lowest BCUT2D eigenvalue weighted by Gasteiger charge is -2.30. The number of primary sulfonamides is 1. The molecule has 1 aromatic carbocycles. The van der Waals surface area contributed by atoms with Crippen molar-refractivity contribution >= 4 is 15.7 Å². The maximum absolute atomic E-state index is 11.6. The Morgan fingerprint density at radius 3 is 2.57 bits per heavy atom. The predicted molar refractivity (Wildman–Crippen MR) is 84.6 cm³/mol. The van der Waals surface area contributed by atoms with E-state index in [1.165, 1.54) is 38.5 Å². The highest BCUT2D eigenvalue weighted by Gasteiger charge is 2.34. The summed E-state index contributed by atoms with van der Waals surface area (Å²) in [5.74, 6) is 1.81. The van der Waals surface area contributed by atoms with Crippen molar-refractivity contribution in [3.63, 3.8) is 0 Å². The first-order valence-electron chi connectivity index (χ1n) is 7.83. The molecule has 2 unspecified atom stereocenters. The van der Waals surface area contributed by atoms with E-state index in [4.69, 9.17) is 5.14 Å². The van der Waals surface area contributed by atoms with Crippen molar-refractivity contribution in [1.82, 2.24) is 0 Å². The van der Waals surface area contributed by atoms with Crippen LogP contribution in [0.5, 0.6) is 0 Å². The zero-order chi connectivity index (χ0) is 15.0. The Labute approximate surface area is 127 Å². The molecule has 0 aliphatic heterocycles. The van der Waals surface area contributed by atoms with Gasteiger partial charge in [-0.15, -0.1) is 0 Å². The van der Waals surface area contributed by atoms with Crippen molar-refractivity contribution in [1.29, 1.82) is 0 Å². The van der Waals surface area contributed by atoms with Gasteiger partial charge in [-0.3, -0.25) is 0 Å². The Morgan fingerprint density at radius 1 is 1.14 bits per heavy atom. The summed E-state index contributed by atoms with van der Waals surface area (Å²) in [5, 5.41) is 8.79. The van der Waals surface area contributed by atoms with Crippen LogP contribution >= 0.6 is 0 Å². The second kappa shape index (κ2) is 5.61. The molecule has 0 amide bonds. The lowest BCUT2D eigenvalue weighted by atomic mass is 9.82. The summed E-state index contributed by atoms with van der Waals surface area (Å²) in [5.41, 5.74) is 1.56. The minimum absolute atomic E-state index is 0.224. The molecule has 2 saturated carbocycles. The second-order valence-electron chi connectivity index (χ2n) is 6.63. The van der Waals surface area contributed by atoms with Crippen LogP contribution in [0.2, 0.25) is 0 Å². The maximum Gasteiger partial charge on any atom is 0.238 e. The standard InChI is InChI=1S/C16H24N2O2S/c1-11-5-8-15(10-16(11)21(17,19)20)18-14-4-2-3-13(9-14)12-6-7-12/h5,8,10,12-14,18H,2-4,6-7,9H2,1H3,(H2,17,19,20). The number of benzene rings is 1. The average Bonchev–Trinajstić information content (AvgIpc) is 3.24. The van der Waals surface area contributed by atoms with Crippen LogP contribution < -0.4 is 10.5 Å². The van der Waals surface area contributed by atoms with Gasteiger partial charge in [0.25, 0.3) is 0 Å². The van der Waals surface area contributed by atoms with E-state index in [-0.39, 0.29) is 4.90 Å². The lowest BCUT2D eigenvalue weighted by molar-refractivity contribution is 0.303. The summed E-state index contributed by atoms with van der Waals surface area (Å²) in [7, 11) is -3.65. The average molecular weight is 308 g/mol. The van der Waals surface area contributed by atoms with E-state index >= 15 is 0 Å². The zero-order valence-corrected chi connectivity index (χ0v) is 13.3. The molecule has 1 aromatic rings. The number of hydrogen-bond donors (Lipinski definition) is 2. The molecule has 2 aliphatic rings. The van der Waals surface area contributed by atoms with Crippen molar-refractivity contribution in [3.05, 3.63) is 23.8 Å². The summed E-state index contributed by atoms with van der Waals surface area (Å²) in [6.45, 7) is 1.77. The Hall–Kier alpha value is -1.07. The fourth-order valence-corrected chi connectivity index (χ4v) is 4.39. The fraction of sp³-hybridized carbons (Fsp3) is 0.625. The molecular formula is C16H24N2O2S. The van der Waals surface area contributed by atoms with Gasteiger partial charge in [0, 0.05) is 11.7 Å². The second-order valence-corrected chi connectivity index (χ2v) is 8.16. The van der Waals surface area contributed by atoms with Crippen LogP contribution in [0.15, 0.2) is 23.1 Å². The van der Waals surface area contributed by atoms with Gasteiger partial charge in [0.15, 0.2) is 0 Å². The van der Waals surface area contributed by atoms with Gasteiger partial charge in [0.2, 0.25) is 10.0 Å². The molecule has 116 valence electrons. The highest BCUT2D eigenvalue weighted by Crippen LogP contribution is 2.44. The Balaban J connectivity index is 1.72. The number of sulfonamides is 1. The third-order valence-electron chi connectivity index (χ3n) is 4.87. The summed E-state index contributed by atoms with van der Waals surface area (Å²) < 4.78 is 23.2. The molecule has 0 radical (unpaired) electrons. The number of aryl methyl sites for hydroxylation is 1. The normalized spacial score (nSPS) is 26.6. The maximum atomic E-state index is 11.6. The predicted octanol–water partition coefficient (Wildman–Crippen LogP) is 3.02. The molecule has 0 heterocycles. The third-order valence-corrected chi connectivity index (χ3v) is 5.92. The molecule has 2 fully saturated rings.